The van der Waals surface area contributed by atoms with Crippen LogP contribution in [-0.2, 0) is 6.42 Å². The summed E-state index contributed by atoms with van der Waals surface area (Å²) in [5.74, 6) is -0.0145. The molecule has 182 valence electrons. The van der Waals surface area contributed by atoms with E-state index in [2.05, 4.69) is 59.5 Å². The lowest BCUT2D eigenvalue weighted by Gasteiger charge is -2.25. The first kappa shape index (κ1) is 24.2. The van der Waals surface area contributed by atoms with Crippen LogP contribution in [0.15, 0.2) is 127 Å². The highest BCUT2D eigenvalue weighted by atomic mass is 16.3. The molecule has 5 aromatic rings. The summed E-state index contributed by atoms with van der Waals surface area (Å²) in [7, 11) is 0. The van der Waals surface area contributed by atoms with Gasteiger partial charge < -0.3 is 10.0 Å². The van der Waals surface area contributed by atoms with Gasteiger partial charge in [0, 0.05) is 34.8 Å². The van der Waals surface area contributed by atoms with Gasteiger partial charge in [-0.25, -0.2) is 0 Å². The maximum atomic E-state index is 13.5. The lowest BCUT2D eigenvalue weighted by atomic mass is 9.92. The minimum Gasteiger partial charge on any atom is -0.396 e. The van der Waals surface area contributed by atoms with Crippen molar-refractivity contribution in [2.24, 2.45) is 0 Å². The molecule has 0 radical (unpaired) electrons. The van der Waals surface area contributed by atoms with E-state index in [9.17, 15) is 9.90 Å². The summed E-state index contributed by atoms with van der Waals surface area (Å²) in [5.41, 5.74) is 8.40. The first-order chi connectivity index (χ1) is 18.2. The van der Waals surface area contributed by atoms with Crippen molar-refractivity contribution in [3.63, 3.8) is 0 Å². The Morgan fingerprint density at radius 2 is 1.16 bits per heavy atom. The quantitative estimate of drug-likeness (QED) is 0.228. The van der Waals surface area contributed by atoms with Crippen LogP contribution in [0.3, 0.4) is 0 Å². The Kier molecular flexibility index (Phi) is 7.25. The molecule has 0 fully saturated rings. The standard InChI is InChI=1S/C34H29NO2/c1-25-16-17-28(24-33(25)34(37)32-15-9-8-10-27(32)22-23-36)26-18-20-31(21-19-26)35(29-11-4-2-5-12-29)30-13-6-3-7-14-30/h2-21,24,36H,22-23H2,1H3. The van der Waals surface area contributed by atoms with Gasteiger partial charge in [0.1, 0.15) is 0 Å². The Bertz CT molecular complexity index is 1450. The highest BCUT2D eigenvalue weighted by molar-refractivity contribution is 6.11. The Morgan fingerprint density at radius 3 is 1.78 bits per heavy atom. The number of carbonyl (C=O) groups is 1. The maximum absolute atomic E-state index is 13.5. The Labute approximate surface area is 218 Å². The SMILES string of the molecule is Cc1ccc(-c2ccc(N(c3ccccc3)c3ccccc3)cc2)cc1C(=O)c1ccccc1CCO. The van der Waals surface area contributed by atoms with Gasteiger partial charge in [-0.1, -0.05) is 84.9 Å². The molecule has 0 aromatic heterocycles. The highest BCUT2D eigenvalue weighted by Gasteiger charge is 2.17. The molecule has 0 saturated heterocycles. The van der Waals surface area contributed by atoms with Crippen molar-refractivity contribution in [3.8, 4) is 11.1 Å². The molecule has 1 N–H and O–H groups in total. The number of rotatable bonds is 8. The smallest absolute Gasteiger partial charge is 0.193 e. The second kappa shape index (κ2) is 11.1. The number of aliphatic hydroxyl groups is 1. The van der Waals surface area contributed by atoms with Crippen LogP contribution in [0, 0.1) is 6.92 Å². The highest BCUT2D eigenvalue weighted by Crippen LogP contribution is 2.35. The maximum Gasteiger partial charge on any atom is 0.193 e. The topological polar surface area (TPSA) is 40.5 Å². The molecule has 0 aliphatic heterocycles. The molecular formula is C34H29NO2. The van der Waals surface area contributed by atoms with E-state index < -0.39 is 0 Å². The van der Waals surface area contributed by atoms with Crippen molar-refractivity contribution in [1.29, 1.82) is 0 Å². The normalized spacial score (nSPS) is 10.8. The molecule has 5 rings (SSSR count). The molecule has 0 atom stereocenters. The van der Waals surface area contributed by atoms with E-state index in [1.165, 1.54) is 0 Å². The molecule has 37 heavy (non-hydrogen) atoms. The summed E-state index contributed by atoms with van der Waals surface area (Å²) in [4.78, 5) is 15.7. The van der Waals surface area contributed by atoms with Gasteiger partial charge in [0.05, 0.1) is 0 Å². The second-order valence-corrected chi connectivity index (χ2v) is 9.04. The molecule has 0 unspecified atom stereocenters. The zero-order valence-electron chi connectivity index (χ0n) is 20.8. The fourth-order valence-corrected chi connectivity index (χ4v) is 4.68. The van der Waals surface area contributed by atoms with E-state index in [4.69, 9.17) is 0 Å². The molecule has 0 bridgehead atoms. The predicted molar refractivity (Wildman–Crippen MR) is 152 cm³/mol. The van der Waals surface area contributed by atoms with E-state index in [1.807, 2.05) is 79.7 Å². The third kappa shape index (κ3) is 5.23. The number of hydrogen-bond donors (Lipinski definition) is 1. The van der Waals surface area contributed by atoms with Gasteiger partial charge in [0.15, 0.2) is 5.78 Å². The third-order valence-corrected chi connectivity index (χ3v) is 6.61. The Hall–Kier alpha value is -4.47. The van der Waals surface area contributed by atoms with Crippen molar-refractivity contribution < 1.29 is 9.90 Å². The number of anilines is 3. The van der Waals surface area contributed by atoms with Gasteiger partial charge in [-0.05, 0) is 78.1 Å². The lowest BCUT2D eigenvalue weighted by Crippen LogP contribution is -2.09. The van der Waals surface area contributed by atoms with Crippen LogP contribution in [0.25, 0.3) is 11.1 Å². The number of hydrogen-bond acceptors (Lipinski definition) is 3. The molecule has 0 amide bonds. The van der Waals surface area contributed by atoms with Crippen LogP contribution in [0.5, 0.6) is 0 Å². The molecule has 0 aliphatic rings. The third-order valence-electron chi connectivity index (χ3n) is 6.61. The molecule has 5 aromatic carbocycles. The first-order valence-corrected chi connectivity index (χ1v) is 12.5. The zero-order chi connectivity index (χ0) is 25.6. The van der Waals surface area contributed by atoms with Crippen LogP contribution < -0.4 is 4.90 Å². The molecule has 0 heterocycles. The average Bonchev–Trinajstić information content (AvgIpc) is 2.95. The number of para-hydroxylation sites is 2. The van der Waals surface area contributed by atoms with E-state index in [-0.39, 0.29) is 12.4 Å². The molecule has 0 aliphatic carbocycles. The second-order valence-electron chi connectivity index (χ2n) is 9.04. The number of benzene rings is 5. The Morgan fingerprint density at radius 1 is 0.622 bits per heavy atom. The van der Waals surface area contributed by atoms with E-state index in [0.29, 0.717) is 17.5 Å². The molecule has 0 saturated carbocycles. The predicted octanol–water partition coefficient (Wildman–Crippen LogP) is 7.90. The van der Waals surface area contributed by atoms with Crippen LogP contribution in [0.2, 0.25) is 0 Å². The lowest BCUT2D eigenvalue weighted by molar-refractivity contribution is 0.103. The monoisotopic (exact) mass is 483 g/mol. The summed E-state index contributed by atoms with van der Waals surface area (Å²) in [6, 6.07) is 42.7. The fraction of sp³-hybridized carbons (Fsp3) is 0.0882. The van der Waals surface area contributed by atoms with Crippen LogP contribution in [0.4, 0.5) is 17.1 Å². The first-order valence-electron chi connectivity index (χ1n) is 12.5. The van der Waals surface area contributed by atoms with E-state index in [1.54, 1.807) is 0 Å². The van der Waals surface area contributed by atoms with Crippen molar-refractivity contribution >= 4 is 22.8 Å². The number of aryl methyl sites for hydroxylation is 1. The van der Waals surface area contributed by atoms with Crippen molar-refractivity contribution in [2.45, 2.75) is 13.3 Å². The largest absolute Gasteiger partial charge is 0.396 e. The van der Waals surface area contributed by atoms with Crippen LogP contribution in [-0.4, -0.2) is 17.5 Å². The fourth-order valence-electron chi connectivity index (χ4n) is 4.68. The number of nitrogens with zero attached hydrogens (tertiary/aromatic N) is 1. The average molecular weight is 484 g/mol. The molecule has 0 spiro atoms. The summed E-state index contributed by atoms with van der Waals surface area (Å²) in [6.45, 7) is 1.98. The summed E-state index contributed by atoms with van der Waals surface area (Å²) in [6.07, 6.45) is 0.460. The van der Waals surface area contributed by atoms with Gasteiger partial charge in [-0.15, -0.1) is 0 Å². The number of aliphatic hydroxyl groups excluding tert-OH is 1. The molecular weight excluding hydrogens is 454 g/mol. The van der Waals surface area contributed by atoms with Crippen molar-refractivity contribution in [1.82, 2.24) is 0 Å². The minimum atomic E-state index is -0.0145. The van der Waals surface area contributed by atoms with Gasteiger partial charge in [-0.3, -0.25) is 4.79 Å². The van der Waals surface area contributed by atoms with Gasteiger partial charge >= 0.3 is 0 Å². The number of carbonyl (C=O) groups excluding carboxylic acids is 1. The molecule has 3 heteroatoms. The van der Waals surface area contributed by atoms with Crippen molar-refractivity contribution in [3.05, 3.63) is 150 Å². The van der Waals surface area contributed by atoms with E-state index in [0.717, 1.165) is 39.3 Å². The summed E-state index contributed by atoms with van der Waals surface area (Å²) in [5, 5.41) is 9.44. The zero-order valence-corrected chi connectivity index (χ0v) is 20.8. The van der Waals surface area contributed by atoms with Crippen LogP contribution in [0.1, 0.15) is 27.0 Å². The van der Waals surface area contributed by atoms with Gasteiger partial charge in [-0.2, -0.15) is 0 Å². The molecule has 3 nitrogen and oxygen atoms in total. The van der Waals surface area contributed by atoms with E-state index >= 15 is 0 Å². The number of ketones is 1. The minimum absolute atomic E-state index is 0.0125. The van der Waals surface area contributed by atoms with Gasteiger partial charge in [0.25, 0.3) is 0 Å². The van der Waals surface area contributed by atoms with Crippen LogP contribution >= 0.6 is 0 Å². The van der Waals surface area contributed by atoms with Crippen molar-refractivity contribution in [2.75, 3.05) is 11.5 Å². The summed E-state index contributed by atoms with van der Waals surface area (Å²) >= 11 is 0. The summed E-state index contributed by atoms with van der Waals surface area (Å²) < 4.78 is 0. The van der Waals surface area contributed by atoms with Gasteiger partial charge in [0.2, 0.25) is 0 Å². The Balaban J connectivity index is 1.49.